The summed E-state index contributed by atoms with van der Waals surface area (Å²) in [4.78, 5) is 32.0. The minimum Gasteiger partial charge on any atom is -0.342 e. The Morgan fingerprint density at radius 3 is 2.18 bits per heavy atom. The number of halogens is 1. The Hall–Kier alpha value is -1.95. The van der Waals surface area contributed by atoms with Gasteiger partial charge < -0.3 is 9.80 Å². The van der Waals surface area contributed by atoms with Crippen molar-refractivity contribution in [2.75, 3.05) is 40.3 Å². The van der Waals surface area contributed by atoms with Crippen LogP contribution in [0.4, 0.5) is 4.39 Å². The molecule has 5 nitrogen and oxygen atoms in total. The highest BCUT2D eigenvalue weighted by atomic mass is 19.1. The Kier molecular flexibility index (Phi) is 7.05. The van der Waals surface area contributed by atoms with E-state index in [0.717, 1.165) is 44.3 Å². The number of piperidine rings is 1. The fourth-order valence-corrected chi connectivity index (χ4v) is 4.41. The third kappa shape index (κ3) is 4.90. The summed E-state index contributed by atoms with van der Waals surface area (Å²) in [5.41, 5.74) is 0.775. The Morgan fingerprint density at radius 1 is 0.964 bits per heavy atom. The summed E-state index contributed by atoms with van der Waals surface area (Å²) >= 11 is 0. The average Bonchev–Trinajstić information content (AvgIpc) is 2.98. The van der Waals surface area contributed by atoms with E-state index >= 15 is 0 Å². The molecule has 3 rings (SSSR count). The fraction of sp³-hybridized carbons (Fsp3) is 0.636. The lowest BCUT2D eigenvalue weighted by Gasteiger charge is -2.37. The summed E-state index contributed by atoms with van der Waals surface area (Å²) in [5.74, 6) is -0.214. The van der Waals surface area contributed by atoms with Gasteiger partial charge in [0.2, 0.25) is 11.8 Å². The van der Waals surface area contributed by atoms with Gasteiger partial charge in [0.15, 0.2) is 0 Å². The molecular formula is C22H32FN3O2. The van der Waals surface area contributed by atoms with Gasteiger partial charge in [-0.3, -0.25) is 14.5 Å². The maximum absolute atomic E-state index is 13.3. The first kappa shape index (κ1) is 20.8. The zero-order valence-electron chi connectivity index (χ0n) is 17.1. The van der Waals surface area contributed by atoms with Crippen molar-refractivity contribution in [1.82, 2.24) is 14.7 Å². The van der Waals surface area contributed by atoms with Crippen LogP contribution in [0.15, 0.2) is 24.3 Å². The third-order valence-corrected chi connectivity index (χ3v) is 5.94. The Labute approximate surface area is 167 Å². The first-order valence-electron chi connectivity index (χ1n) is 10.5. The molecule has 2 aliphatic heterocycles. The molecule has 2 fully saturated rings. The molecule has 28 heavy (non-hydrogen) atoms. The molecular weight excluding hydrogens is 357 g/mol. The number of hydrogen-bond donors (Lipinski definition) is 0. The van der Waals surface area contributed by atoms with Gasteiger partial charge in [0.25, 0.3) is 0 Å². The summed E-state index contributed by atoms with van der Waals surface area (Å²) in [6.07, 6.45) is 6.24. The smallest absolute Gasteiger partial charge is 0.244 e. The third-order valence-electron chi connectivity index (χ3n) is 5.94. The summed E-state index contributed by atoms with van der Waals surface area (Å²) in [5, 5.41) is 0. The zero-order valence-corrected chi connectivity index (χ0v) is 17.1. The summed E-state index contributed by atoms with van der Waals surface area (Å²) in [6, 6.07) is 5.65. The van der Waals surface area contributed by atoms with Crippen molar-refractivity contribution < 1.29 is 14.0 Å². The van der Waals surface area contributed by atoms with Gasteiger partial charge in [0, 0.05) is 26.2 Å². The first-order chi connectivity index (χ1) is 13.5. The molecule has 154 valence electrons. The van der Waals surface area contributed by atoms with Crippen LogP contribution in [0.1, 0.15) is 50.1 Å². The van der Waals surface area contributed by atoms with Crippen molar-refractivity contribution in [3.8, 4) is 0 Å². The van der Waals surface area contributed by atoms with Gasteiger partial charge in [-0.25, -0.2) is 4.39 Å². The van der Waals surface area contributed by atoms with E-state index in [9.17, 15) is 14.0 Å². The number of carbonyl (C=O) groups excluding carboxylic acids is 2. The quantitative estimate of drug-likeness (QED) is 0.795. The van der Waals surface area contributed by atoms with Crippen molar-refractivity contribution in [2.45, 2.75) is 44.6 Å². The van der Waals surface area contributed by atoms with Crippen molar-refractivity contribution in [2.24, 2.45) is 5.92 Å². The zero-order chi connectivity index (χ0) is 20.1. The van der Waals surface area contributed by atoms with Crippen molar-refractivity contribution in [1.29, 1.82) is 0 Å². The molecule has 0 radical (unpaired) electrons. The maximum atomic E-state index is 13.3. The SMILES string of the molecule is CN(C)[C@@H](C(=O)N1CCC[C@H](C(=O)N2CCCCCC2)C1)c1ccc(F)cc1. The predicted molar refractivity (Wildman–Crippen MR) is 107 cm³/mol. The molecule has 0 aromatic heterocycles. The van der Waals surface area contributed by atoms with Gasteiger partial charge >= 0.3 is 0 Å². The van der Waals surface area contributed by atoms with E-state index in [1.807, 2.05) is 28.8 Å². The van der Waals surface area contributed by atoms with E-state index in [4.69, 9.17) is 0 Å². The molecule has 2 heterocycles. The van der Waals surface area contributed by atoms with E-state index in [0.29, 0.717) is 13.1 Å². The molecule has 6 heteroatoms. The second-order valence-electron chi connectivity index (χ2n) is 8.28. The Balaban J connectivity index is 1.70. The highest BCUT2D eigenvalue weighted by Gasteiger charge is 2.35. The number of carbonyl (C=O) groups is 2. The normalized spacial score (nSPS) is 22.1. The molecule has 2 amide bonds. The Bertz CT molecular complexity index is 669. The molecule has 0 bridgehead atoms. The highest BCUT2D eigenvalue weighted by Crippen LogP contribution is 2.26. The number of amides is 2. The summed E-state index contributed by atoms with van der Waals surface area (Å²) in [7, 11) is 3.71. The lowest BCUT2D eigenvalue weighted by molar-refractivity contribution is -0.143. The van der Waals surface area contributed by atoms with Gasteiger partial charge in [-0.05, 0) is 57.5 Å². The standard InChI is InChI=1S/C22H32FN3O2/c1-24(2)20(17-9-11-19(23)12-10-17)22(28)26-15-7-8-18(16-26)21(27)25-13-5-3-4-6-14-25/h9-12,18,20H,3-8,13-16H2,1-2H3/t18-,20+/m0/s1. The van der Waals surface area contributed by atoms with Gasteiger partial charge in [-0.1, -0.05) is 25.0 Å². The molecule has 1 aromatic rings. The molecule has 2 atom stereocenters. The van der Waals surface area contributed by atoms with Gasteiger partial charge in [-0.2, -0.15) is 0 Å². The average molecular weight is 390 g/mol. The number of benzene rings is 1. The molecule has 2 saturated heterocycles. The second kappa shape index (κ2) is 9.50. The van der Waals surface area contributed by atoms with Crippen molar-refractivity contribution in [3.63, 3.8) is 0 Å². The van der Waals surface area contributed by atoms with Crippen molar-refractivity contribution in [3.05, 3.63) is 35.6 Å². The van der Waals surface area contributed by atoms with Gasteiger partial charge in [-0.15, -0.1) is 0 Å². The topological polar surface area (TPSA) is 43.9 Å². The molecule has 0 saturated carbocycles. The first-order valence-corrected chi connectivity index (χ1v) is 10.5. The van der Waals surface area contributed by atoms with Crippen LogP contribution in [0.25, 0.3) is 0 Å². The van der Waals surface area contributed by atoms with E-state index < -0.39 is 6.04 Å². The minimum atomic E-state index is -0.465. The van der Waals surface area contributed by atoms with Crippen LogP contribution in [-0.4, -0.2) is 66.8 Å². The largest absolute Gasteiger partial charge is 0.342 e. The lowest BCUT2D eigenvalue weighted by atomic mass is 9.94. The van der Waals surface area contributed by atoms with E-state index in [1.165, 1.54) is 25.0 Å². The molecule has 0 spiro atoms. The van der Waals surface area contributed by atoms with Crippen LogP contribution in [-0.2, 0) is 9.59 Å². The second-order valence-corrected chi connectivity index (χ2v) is 8.28. The molecule has 0 N–H and O–H groups in total. The maximum Gasteiger partial charge on any atom is 0.244 e. The number of hydrogen-bond acceptors (Lipinski definition) is 3. The van der Waals surface area contributed by atoms with E-state index in [1.54, 1.807) is 12.1 Å². The summed E-state index contributed by atoms with van der Waals surface area (Å²) in [6.45, 7) is 2.85. The van der Waals surface area contributed by atoms with Gasteiger partial charge in [0.05, 0.1) is 5.92 Å². The molecule has 0 unspecified atom stereocenters. The lowest BCUT2D eigenvalue weighted by Crippen LogP contribution is -2.49. The summed E-state index contributed by atoms with van der Waals surface area (Å²) < 4.78 is 13.3. The van der Waals surface area contributed by atoms with E-state index in [-0.39, 0.29) is 23.5 Å². The van der Waals surface area contributed by atoms with Crippen molar-refractivity contribution >= 4 is 11.8 Å². The molecule has 2 aliphatic rings. The molecule has 0 aliphatic carbocycles. The highest BCUT2D eigenvalue weighted by molar-refractivity contribution is 5.85. The van der Waals surface area contributed by atoms with E-state index in [2.05, 4.69) is 0 Å². The van der Waals surface area contributed by atoms with Crippen LogP contribution in [0, 0.1) is 11.7 Å². The van der Waals surface area contributed by atoms with Crippen LogP contribution in [0.2, 0.25) is 0 Å². The monoisotopic (exact) mass is 389 g/mol. The van der Waals surface area contributed by atoms with Crippen LogP contribution < -0.4 is 0 Å². The minimum absolute atomic E-state index is 0.00928. The number of nitrogens with zero attached hydrogens (tertiary/aromatic N) is 3. The van der Waals surface area contributed by atoms with Crippen LogP contribution in [0.5, 0.6) is 0 Å². The fourth-order valence-electron chi connectivity index (χ4n) is 4.41. The van der Waals surface area contributed by atoms with Gasteiger partial charge in [0.1, 0.15) is 11.9 Å². The van der Waals surface area contributed by atoms with Crippen LogP contribution in [0.3, 0.4) is 0 Å². The molecule has 1 aromatic carbocycles. The number of rotatable bonds is 4. The van der Waals surface area contributed by atoms with Crippen LogP contribution >= 0.6 is 0 Å². The predicted octanol–water partition coefficient (Wildman–Crippen LogP) is 3.07. The number of likely N-dealkylation sites (N-methyl/N-ethyl adjacent to an activating group) is 1. The number of likely N-dealkylation sites (tertiary alicyclic amines) is 2. The Morgan fingerprint density at radius 2 is 1.57 bits per heavy atom.